The van der Waals surface area contributed by atoms with E-state index in [0.717, 1.165) is 30.6 Å². The highest BCUT2D eigenvalue weighted by Gasteiger charge is 2.37. The van der Waals surface area contributed by atoms with Crippen LogP contribution in [0, 0.1) is 18.3 Å². The molecule has 9 heteroatoms. The number of H-pyrrole nitrogens is 1. The first-order chi connectivity index (χ1) is 14.8. The number of carbonyl (C=O) groups is 1. The minimum atomic E-state index is -1.08. The van der Waals surface area contributed by atoms with E-state index < -0.39 is 5.97 Å². The minimum Gasteiger partial charge on any atom is -0.478 e. The van der Waals surface area contributed by atoms with Crippen LogP contribution < -0.4 is 11.3 Å². The molecule has 1 aliphatic rings. The van der Waals surface area contributed by atoms with Gasteiger partial charge in [0.2, 0.25) is 0 Å². The lowest BCUT2D eigenvalue weighted by Crippen LogP contribution is -2.27. The summed E-state index contributed by atoms with van der Waals surface area (Å²) in [4.78, 5) is 27.5. The lowest BCUT2D eigenvalue weighted by atomic mass is 10.0. The van der Waals surface area contributed by atoms with Crippen molar-refractivity contribution in [2.24, 2.45) is 5.73 Å². The van der Waals surface area contributed by atoms with Crippen molar-refractivity contribution in [1.82, 2.24) is 14.8 Å². The predicted molar refractivity (Wildman–Crippen MR) is 114 cm³/mol. The number of carboxylic acids is 1. The van der Waals surface area contributed by atoms with E-state index in [1.807, 2.05) is 6.92 Å². The average Bonchev–Trinajstić information content (AvgIpc) is 3.36. The van der Waals surface area contributed by atoms with Crippen molar-refractivity contribution in [1.29, 1.82) is 5.26 Å². The van der Waals surface area contributed by atoms with E-state index in [-0.39, 0.29) is 16.7 Å². The number of rotatable bonds is 5. The Morgan fingerprint density at radius 1 is 1.35 bits per heavy atom. The third-order valence-electron chi connectivity index (χ3n) is 4.97. The van der Waals surface area contributed by atoms with Crippen LogP contribution in [0.5, 0.6) is 0 Å². The number of methoxy groups -OCH3 is 1. The number of nitrogens with one attached hydrogen (secondary N) is 1. The van der Waals surface area contributed by atoms with Crippen molar-refractivity contribution >= 4 is 5.97 Å². The van der Waals surface area contributed by atoms with Gasteiger partial charge in [0.15, 0.2) is 5.82 Å². The van der Waals surface area contributed by atoms with Crippen LogP contribution in [0.15, 0.2) is 47.5 Å². The van der Waals surface area contributed by atoms with Gasteiger partial charge >= 0.3 is 5.97 Å². The summed E-state index contributed by atoms with van der Waals surface area (Å²) in [5, 5.41) is 20.6. The molecule has 1 aromatic carbocycles. The number of ether oxygens (including phenoxy) is 1. The molecule has 4 rings (SSSR count). The largest absolute Gasteiger partial charge is 0.478 e. The zero-order chi connectivity index (χ0) is 22.6. The van der Waals surface area contributed by atoms with E-state index in [9.17, 15) is 9.59 Å². The molecule has 0 amide bonds. The van der Waals surface area contributed by atoms with Crippen LogP contribution in [0.2, 0.25) is 0 Å². The quantitative estimate of drug-likeness (QED) is 0.572. The number of carboxylic acid groups (broad SMARTS) is 1. The second-order valence-corrected chi connectivity index (χ2v) is 7.47. The van der Waals surface area contributed by atoms with Gasteiger partial charge in [-0.2, -0.15) is 5.26 Å². The normalized spacial score (nSPS) is 13.6. The molecule has 1 fully saturated rings. The Kier molecular flexibility index (Phi) is 6.34. The molecule has 31 heavy (non-hydrogen) atoms. The summed E-state index contributed by atoms with van der Waals surface area (Å²) in [6.07, 6.45) is 5.03. The van der Waals surface area contributed by atoms with Gasteiger partial charge in [-0.1, -0.05) is 6.07 Å². The van der Waals surface area contributed by atoms with Crippen molar-refractivity contribution in [3.8, 4) is 23.0 Å². The van der Waals surface area contributed by atoms with Crippen molar-refractivity contribution in [2.75, 3.05) is 13.7 Å². The van der Waals surface area contributed by atoms with Gasteiger partial charge in [-0.05, 0) is 55.2 Å². The molecular weight excluding hydrogens is 398 g/mol. The second-order valence-electron chi connectivity index (χ2n) is 7.47. The molecule has 1 aliphatic carbocycles. The highest BCUT2D eigenvalue weighted by Crippen LogP contribution is 2.31. The highest BCUT2D eigenvalue weighted by atomic mass is 16.5. The van der Waals surface area contributed by atoms with E-state index in [1.165, 1.54) is 23.0 Å². The smallest absolute Gasteiger partial charge is 0.337 e. The van der Waals surface area contributed by atoms with E-state index in [2.05, 4.69) is 16.2 Å². The first-order valence-corrected chi connectivity index (χ1v) is 9.57. The van der Waals surface area contributed by atoms with E-state index in [0.29, 0.717) is 16.9 Å². The molecule has 160 valence electrons. The molecule has 0 aliphatic heterocycles. The number of hydrogen-bond acceptors (Lipinski definition) is 6. The lowest BCUT2D eigenvalue weighted by molar-refractivity contribution is 0.0696. The number of aromatic amines is 1. The monoisotopic (exact) mass is 421 g/mol. The molecule has 0 radical (unpaired) electrons. The molecular formula is C22H23N5O4. The van der Waals surface area contributed by atoms with Crippen LogP contribution in [0.4, 0.5) is 0 Å². The third-order valence-corrected chi connectivity index (χ3v) is 4.97. The molecule has 0 unspecified atom stereocenters. The third kappa shape index (κ3) is 5.06. The van der Waals surface area contributed by atoms with Crippen molar-refractivity contribution in [3.63, 3.8) is 0 Å². The zero-order valence-corrected chi connectivity index (χ0v) is 17.3. The first kappa shape index (κ1) is 22.0. The number of nitrogens with two attached hydrogens (primary N) is 1. The van der Waals surface area contributed by atoms with Crippen molar-refractivity contribution < 1.29 is 14.6 Å². The predicted octanol–water partition coefficient (Wildman–Crippen LogP) is 2.23. The van der Waals surface area contributed by atoms with Crippen molar-refractivity contribution in [2.45, 2.75) is 25.3 Å². The number of nitrogens with zero attached hydrogens (tertiary/aromatic N) is 3. The molecule has 0 spiro atoms. The second kappa shape index (κ2) is 8.95. The number of aromatic nitrogens is 3. The Hall–Kier alpha value is -3.74. The maximum Gasteiger partial charge on any atom is 0.337 e. The minimum absolute atomic E-state index is 0.0431. The maximum atomic E-state index is 12.6. The Balaban J connectivity index is 0.000000330. The summed E-state index contributed by atoms with van der Waals surface area (Å²) in [5.41, 5.74) is 7.95. The van der Waals surface area contributed by atoms with Crippen LogP contribution in [-0.4, -0.2) is 45.1 Å². The van der Waals surface area contributed by atoms with E-state index in [1.54, 1.807) is 31.5 Å². The SMILES string of the molecule is COCC1(N)CC1.Cc1cc(C#N)ccc1-c1c[nH]n(-c2ccc(C(=O)O)cn2)c1=O. The molecule has 0 saturated heterocycles. The van der Waals surface area contributed by atoms with Gasteiger partial charge in [0.05, 0.1) is 29.4 Å². The van der Waals surface area contributed by atoms with Crippen LogP contribution in [0.3, 0.4) is 0 Å². The van der Waals surface area contributed by atoms with Gasteiger partial charge in [0, 0.05) is 25.0 Å². The molecule has 2 heterocycles. The fourth-order valence-electron chi connectivity index (χ4n) is 3.01. The fourth-order valence-corrected chi connectivity index (χ4v) is 3.01. The summed E-state index contributed by atoms with van der Waals surface area (Å²) in [6, 6.07) is 9.98. The molecule has 3 aromatic rings. The number of pyridine rings is 1. The van der Waals surface area contributed by atoms with Crippen LogP contribution in [0.1, 0.15) is 34.3 Å². The molecule has 4 N–H and O–H groups in total. The molecule has 2 aromatic heterocycles. The molecule has 0 bridgehead atoms. The van der Waals surface area contributed by atoms with Gasteiger partial charge in [0.25, 0.3) is 5.56 Å². The lowest BCUT2D eigenvalue weighted by Gasteiger charge is -2.03. The Labute approximate surface area is 178 Å². The summed E-state index contributed by atoms with van der Waals surface area (Å²) in [5.74, 6) is -0.788. The number of aromatic carboxylic acids is 1. The topological polar surface area (TPSA) is 147 Å². The molecule has 1 saturated carbocycles. The van der Waals surface area contributed by atoms with Gasteiger partial charge in [-0.3, -0.25) is 9.89 Å². The standard InChI is InChI=1S/C17H12N4O3.C5H11NO/c1-10-6-11(7-18)2-4-13(10)14-9-20-21(16(14)22)15-5-3-12(8-19-15)17(23)24;1-7-4-5(6)2-3-5/h2-6,8-9,20H,1H3,(H,23,24);2-4,6H2,1H3. The van der Waals surface area contributed by atoms with Crippen LogP contribution in [0.25, 0.3) is 16.9 Å². The fraction of sp³-hybridized carbons (Fsp3) is 0.273. The summed E-state index contributed by atoms with van der Waals surface area (Å²) < 4.78 is 6.08. The van der Waals surface area contributed by atoms with Crippen LogP contribution in [-0.2, 0) is 4.74 Å². The molecule has 9 nitrogen and oxygen atoms in total. The summed E-state index contributed by atoms with van der Waals surface area (Å²) in [6.45, 7) is 2.56. The number of benzene rings is 1. The van der Waals surface area contributed by atoms with Crippen molar-refractivity contribution in [3.05, 3.63) is 69.8 Å². The van der Waals surface area contributed by atoms with Gasteiger partial charge in [0.1, 0.15) is 0 Å². The maximum absolute atomic E-state index is 12.6. The van der Waals surface area contributed by atoms with Gasteiger partial charge in [-0.25, -0.2) is 14.5 Å². The summed E-state index contributed by atoms with van der Waals surface area (Å²) in [7, 11) is 1.69. The van der Waals surface area contributed by atoms with Gasteiger partial charge in [-0.15, -0.1) is 0 Å². The number of aryl methyl sites for hydroxylation is 1. The van der Waals surface area contributed by atoms with E-state index in [4.69, 9.17) is 20.8 Å². The number of hydrogen-bond donors (Lipinski definition) is 3. The molecule has 0 atom stereocenters. The van der Waals surface area contributed by atoms with Crippen LogP contribution >= 0.6 is 0 Å². The first-order valence-electron chi connectivity index (χ1n) is 9.57. The summed E-state index contributed by atoms with van der Waals surface area (Å²) >= 11 is 0. The Morgan fingerprint density at radius 2 is 2.10 bits per heavy atom. The zero-order valence-electron chi connectivity index (χ0n) is 17.3. The van der Waals surface area contributed by atoms with E-state index >= 15 is 0 Å². The number of nitriles is 1. The van der Waals surface area contributed by atoms with Gasteiger partial charge < -0.3 is 15.6 Å². The highest BCUT2D eigenvalue weighted by molar-refractivity contribution is 5.87. The Morgan fingerprint density at radius 3 is 2.58 bits per heavy atom. The average molecular weight is 421 g/mol. The Bertz CT molecular complexity index is 1180.